The standard InChI is InChI=1S/C26H27Cl2N3O4S/c1-35-22-10-8-21(9-11-22)30-13-15-31(16-14-30)26(32)24(17-19-5-3-2-4-6-19)29-36(33,34)25-18-20(27)7-12-23(25)28/h2-12,18,24,29H,13-17H2,1H3/t24-/m1/s1. The lowest BCUT2D eigenvalue weighted by Gasteiger charge is -2.37. The van der Waals surface area contributed by atoms with Crippen LogP contribution in [0.25, 0.3) is 0 Å². The van der Waals surface area contributed by atoms with Gasteiger partial charge in [-0.3, -0.25) is 4.79 Å². The zero-order valence-corrected chi connectivity index (χ0v) is 22.1. The number of hydrogen-bond donors (Lipinski definition) is 1. The first-order valence-electron chi connectivity index (χ1n) is 11.5. The third-order valence-electron chi connectivity index (χ3n) is 6.09. The third-order valence-corrected chi connectivity index (χ3v) is 8.28. The summed E-state index contributed by atoms with van der Waals surface area (Å²) in [5.74, 6) is 0.498. The van der Waals surface area contributed by atoms with E-state index in [4.69, 9.17) is 27.9 Å². The van der Waals surface area contributed by atoms with E-state index in [1.807, 2.05) is 54.6 Å². The maximum Gasteiger partial charge on any atom is 0.242 e. The fourth-order valence-corrected chi connectivity index (χ4v) is 6.11. The smallest absolute Gasteiger partial charge is 0.242 e. The predicted octanol–water partition coefficient (Wildman–Crippen LogP) is 4.24. The summed E-state index contributed by atoms with van der Waals surface area (Å²) < 4.78 is 34.3. The minimum Gasteiger partial charge on any atom is -0.497 e. The number of nitrogens with zero attached hydrogens (tertiary/aromatic N) is 2. The number of piperazine rings is 1. The second kappa shape index (κ2) is 11.5. The second-order valence-electron chi connectivity index (χ2n) is 8.45. The van der Waals surface area contributed by atoms with Crippen molar-refractivity contribution in [1.82, 2.24) is 9.62 Å². The Bertz CT molecular complexity index is 1300. The number of rotatable bonds is 8. The summed E-state index contributed by atoms with van der Waals surface area (Å²) in [6.45, 7) is 2.19. The van der Waals surface area contributed by atoms with Gasteiger partial charge in [0, 0.05) is 36.9 Å². The van der Waals surface area contributed by atoms with Crippen molar-refractivity contribution in [3.8, 4) is 5.75 Å². The average Bonchev–Trinajstić information content (AvgIpc) is 2.90. The Kier molecular flexibility index (Phi) is 8.41. The van der Waals surface area contributed by atoms with Gasteiger partial charge in [0.1, 0.15) is 16.7 Å². The molecule has 0 saturated carbocycles. The highest BCUT2D eigenvalue weighted by Crippen LogP contribution is 2.26. The van der Waals surface area contributed by atoms with E-state index in [2.05, 4.69) is 9.62 Å². The largest absolute Gasteiger partial charge is 0.497 e. The molecule has 1 heterocycles. The van der Waals surface area contributed by atoms with Gasteiger partial charge in [-0.15, -0.1) is 0 Å². The highest BCUT2D eigenvalue weighted by atomic mass is 35.5. The van der Waals surface area contributed by atoms with E-state index in [1.54, 1.807) is 12.0 Å². The molecule has 1 aliphatic rings. The van der Waals surface area contributed by atoms with Gasteiger partial charge in [0.05, 0.1) is 12.1 Å². The number of sulfonamides is 1. The van der Waals surface area contributed by atoms with E-state index in [0.29, 0.717) is 26.2 Å². The molecule has 1 N–H and O–H groups in total. The summed E-state index contributed by atoms with van der Waals surface area (Å²) in [5.41, 5.74) is 1.88. The molecule has 1 fully saturated rings. The van der Waals surface area contributed by atoms with Crippen molar-refractivity contribution in [2.24, 2.45) is 0 Å². The molecular formula is C26H27Cl2N3O4S. The van der Waals surface area contributed by atoms with Crippen molar-refractivity contribution in [3.63, 3.8) is 0 Å². The minimum atomic E-state index is -4.11. The lowest BCUT2D eigenvalue weighted by Crippen LogP contribution is -2.55. The van der Waals surface area contributed by atoms with E-state index in [9.17, 15) is 13.2 Å². The summed E-state index contributed by atoms with van der Waals surface area (Å²) in [7, 11) is -2.49. The number of anilines is 1. The Morgan fingerprint density at radius 1 is 0.972 bits per heavy atom. The van der Waals surface area contributed by atoms with Gasteiger partial charge in [0.15, 0.2) is 0 Å². The summed E-state index contributed by atoms with van der Waals surface area (Å²) in [6.07, 6.45) is 0.204. The SMILES string of the molecule is COc1ccc(N2CCN(C(=O)[C@@H](Cc3ccccc3)NS(=O)(=O)c3cc(Cl)ccc3Cl)CC2)cc1. The Morgan fingerprint density at radius 3 is 2.28 bits per heavy atom. The zero-order valence-electron chi connectivity index (χ0n) is 19.7. The molecule has 190 valence electrons. The maximum atomic E-state index is 13.6. The van der Waals surface area contributed by atoms with E-state index in [1.165, 1.54) is 18.2 Å². The molecule has 0 unspecified atom stereocenters. The van der Waals surface area contributed by atoms with Gasteiger partial charge in [0.2, 0.25) is 15.9 Å². The van der Waals surface area contributed by atoms with Crippen LogP contribution in [0.5, 0.6) is 5.75 Å². The number of benzene rings is 3. The molecule has 0 spiro atoms. The van der Waals surface area contributed by atoms with E-state index in [0.717, 1.165) is 17.0 Å². The van der Waals surface area contributed by atoms with E-state index >= 15 is 0 Å². The summed E-state index contributed by atoms with van der Waals surface area (Å²) in [4.78, 5) is 17.3. The molecule has 1 saturated heterocycles. The lowest BCUT2D eigenvalue weighted by molar-refractivity contribution is -0.133. The molecule has 0 aliphatic carbocycles. The maximum absolute atomic E-state index is 13.6. The van der Waals surface area contributed by atoms with Crippen molar-refractivity contribution >= 4 is 44.8 Å². The number of ether oxygens (including phenoxy) is 1. The van der Waals surface area contributed by atoms with Crippen molar-refractivity contribution in [3.05, 3.63) is 88.4 Å². The first-order valence-corrected chi connectivity index (χ1v) is 13.7. The summed E-state index contributed by atoms with van der Waals surface area (Å²) in [6, 6.07) is 20.3. The first-order chi connectivity index (χ1) is 17.3. The third kappa shape index (κ3) is 6.31. The minimum absolute atomic E-state index is 0.0333. The molecule has 10 heteroatoms. The van der Waals surface area contributed by atoms with Gasteiger partial charge in [-0.25, -0.2) is 8.42 Å². The van der Waals surface area contributed by atoms with Crippen LogP contribution in [0.2, 0.25) is 10.0 Å². The number of methoxy groups -OCH3 is 1. The average molecular weight is 548 g/mol. The number of halogens is 2. The van der Waals surface area contributed by atoms with Gasteiger partial charge in [-0.2, -0.15) is 4.72 Å². The Morgan fingerprint density at radius 2 is 1.64 bits per heavy atom. The number of nitrogens with one attached hydrogen (secondary N) is 1. The topological polar surface area (TPSA) is 79.0 Å². The van der Waals surface area contributed by atoms with Gasteiger partial charge in [0.25, 0.3) is 0 Å². The lowest BCUT2D eigenvalue weighted by atomic mass is 10.1. The van der Waals surface area contributed by atoms with Crippen LogP contribution in [-0.4, -0.2) is 58.6 Å². The van der Waals surface area contributed by atoms with E-state index in [-0.39, 0.29) is 27.3 Å². The molecular weight excluding hydrogens is 521 g/mol. The quantitative estimate of drug-likeness (QED) is 0.456. The Hall–Kier alpha value is -2.78. The molecule has 1 aliphatic heterocycles. The normalized spacial score (nSPS) is 15.0. The highest BCUT2D eigenvalue weighted by Gasteiger charge is 2.32. The molecule has 3 aromatic carbocycles. The summed E-state index contributed by atoms with van der Waals surface area (Å²) in [5, 5.41) is 0.270. The van der Waals surface area contributed by atoms with Crippen LogP contribution >= 0.6 is 23.2 Å². The molecule has 0 radical (unpaired) electrons. The fourth-order valence-electron chi connectivity index (χ4n) is 4.16. The van der Waals surface area contributed by atoms with Crippen LogP contribution in [0, 0.1) is 0 Å². The fraction of sp³-hybridized carbons (Fsp3) is 0.269. The van der Waals surface area contributed by atoms with Crippen LogP contribution in [0.4, 0.5) is 5.69 Å². The number of carbonyl (C=O) groups is 1. The first kappa shape index (κ1) is 26.3. The van der Waals surface area contributed by atoms with Gasteiger partial charge < -0.3 is 14.5 Å². The molecule has 1 atom stereocenters. The monoisotopic (exact) mass is 547 g/mol. The molecule has 4 rings (SSSR count). The van der Waals surface area contributed by atoms with Crippen molar-refractivity contribution in [2.75, 3.05) is 38.2 Å². The van der Waals surface area contributed by atoms with Crippen molar-refractivity contribution in [1.29, 1.82) is 0 Å². The van der Waals surface area contributed by atoms with Crippen LogP contribution < -0.4 is 14.4 Å². The van der Waals surface area contributed by atoms with Crippen LogP contribution in [0.1, 0.15) is 5.56 Å². The number of hydrogen-bond acceptors (Lipinski definition) is 5. The zero-order chi connectivity index (χ0) is 25.7. The number of carbonyl (C=O) groups excluding carboxylic acids is 1. The molecule has 0 bridgehead atoms. The number of amides is 1. The van der Waals surface area contributed by atoms with Crippen LogP contribution in [0.15, 0.2) is 77.7 Å². The highest BCUT2D eigenvalue weighted by molar-refractivity contribution is 7.89. The predicted molar refractivity (Wildman–Crippen MR) is 143 cm³/mol. The summed E-state index contributed by atoms with van der Waals surface area (Å²) >= 11 is 12.2. The second-order valence-corrected chi connectivity index (χ2v) is 11.0. The van der Waals surface area contributed by atoms with E-state index < -0.39 is 16.1 Å². The van der Waals surface area contributed by atoms with Crippen molar-refractivity contribution < 1.29 is 17.9 Å². The Labute approximate surface area is 221 Å². The molecule has 1 amide bonds. The molecule has 0 aromatic heterocycles. The van der Waals surface area contributed by atoms with Gasteiger partial charge in [-0.05, 0) is 54.4 Å². The molecule has 36 heavy (non-hydrogen) atoms. The van der Waals surface area contributed by atoms with Crippen LogP contribution in [-0.2, 0) is 21.2 Å². The Balaban J connectivity index is 1.51. The van der Waals surface area contributed by atoms with Gasteiger partial charge in [-0.1, -0.05) is 53.5 Å². The molecule has 3 aromatic rings. The molecule has 7 nitrogen and oxygen atoms in total. The van der Waals surface area contributed by atoms with Crippen LogP contribution in [0.3, 0.4) is 0 Å². The van der Waals surface area contributed by atoms with Gasteiger partial charge >= 0.3 is 0 Å². The van der Waals surface area contributed by atoms with Crippen molar-refractivity contribution in [2.45, 2.75) is 17.4 Å².